The van der Waals surface area contributed by atoms with Crippen molar-refractivity contribution in [2.45, 2.75) is 26.8 Å². The van der Waals surface area contributed by atoms with E-state index in [0.717, 1.165) is 30.0 Å². The number of carbonyl (C=O) groups is 1. The van der Waals surface area contributed by atoms with Crippen LogP contribution in [0.1, 0.15) is 30.5 Å². The summed E-state index contributed by atoms with van der Waals surface area (Å²) in [5.41, 5.74) is 3.34. The van der Waals surface area contributed by atoms with Crippen LogP contribution in [0.4, 0.5) is 5.69 Å². The number of hydrogen-bond acceptors (Lipinski definition) is 5. The molecule has 0 saturated heterocycles. The van der Waals surface area contributed by atoms with E-state index in [-0.39, 0.29) is 12.5 Å². The number of fused-ring (bicyclic) bond motifs is 1. The zero-order valence-corrected chi connectivity index (χ0v) is 17.4. The van der Waals surface area contributed by atoms with Crippen LogP contribution in [0, 0.1) is 11.3 Å². The number of nitriles is 1. The predicted molar refractivity (Wildman–Crippen MR) is 113 cm³/mol. The molecule has 1 N–H and O–H groups in total. The molecule has 7 heteroatoms. The Balaban J connectivity index is 1.66. The van der Waals surface area contributed by atoms with Crippen molar-refractivity contribution < 1.29 is 14.3 Å². The third-order valence-corrected chi connectivity index (χ3v) is 5.01. The van der Waals surface area contributed by atoms with Gasteiger partial charge in [0.25, 0.3) is 0 Å². The number of benzene rings is 2. The van der Waals surface area contributed by atoms with Crippen LogP contribution >= 0.6 is 11.6 Å². The van der Waals surface area contributed by atoms with Crippen molar-refractivity contribution in [2.75, 3.05) is 31.6 Å². The first kappa shape index (κ1) is 21.0. The van der Waals surface area contributed by atoms with Crippen LogP contribution in [0.25, 0.3) is 0 Å². The van der Waals surface area contributed by atoms with E-state index in [1.165, 1.54) is 5.56 Å². The lowest BCUT2D eigenvalue weighted by atomic mass is 9.98. The number of nitrogens with one attached hydrogen (secondary N) is 1. The average Bonchev–Trinajstić information content (AvgIpc) is 2.69. The quantitative estimate of drug-likeness (QED) is 0.742. The molecular weight excluding hydrogens is 390 g/mol. The third-order valence-electron chi connectivity index (χ3n) is 4.70. The maximum atomic E-state index is 12.5. The second-order valence-corrected chi connectivity index (χ2v) is 7.16. The number of carbonyl (C=O) groups excluding carboxylic acids is 1. The molecule has 1 amide bonds. The molecule has 0 atom stereocenters. The standard InChI is InChI=1S/C22H24ClN3O3/c1-3-28-20-9-15-7-8-26(13-17(15)10-21(20)29-4-2)14-22(27)25-18-6-5-16(12-24)19(23)11-18/h5-6,9-11H,3-4,7-8,13-14H2,1-2H3,(H,25,27). The highest BCUT2D eigenvalue weighted by atomic mass is 35.5. The highest BCUT2D eigenvalue weighted by Crippen LogP contribution is 2.34. The van der Waals surface area contributed by atoms with Gasteiger partial charge < -0.3 is 14.8 Å². The van der Waals surface area contributed by atoms with Crippen molar-refractivity contribution in [2.24, 2.45) is 0 Å². The SMILES string of the molecule is CCOc1cc2c(cc1OCC)CN(CC(=O)Nc1ccc(C#N)c(Cl)c1)CC2. The van der Waals surface area contributed by atoms with Crippen molar-refractivity contribution >= 4 is 23.2 Å². The maximum absolute atomic E-state index is 12.5. The molecule has 1 aliphatic rings. The lowest BCUT2D eigenvalue weighted by molar-refractivity contribution is -0.117. The monoisotopic (exact) mass is 413 g/mol. The molecule has 0 bridgehead atoms. The predicted octanol–water partition coefficient (Wildman–Crippen LogP) is 4.01. The summed E-state index contributed by atoms with van der Waals surface area (Å²) < 4.78 is 11.4. The first-order chi connectivity index (χ1) is 14.0. The van der Waals surface area contributed by atoms with Gasteiger partial charge in [0, 0.05) is 18.8 Å². The highest BCUT2D eigenvalue weighted by molar-refractivity contribution is 6.32. The molecule has 0 aliphatic carbocycles. The fraction of sp³-hybridized carbons (Fsp3) is 0.364. The van der Waals surface area contributed by atoms with E-state index < -0.39 is 0 Å². The Bertz CT molecular complexity index is 940. The molecule has 29 heavy (non-hydrogen) atoms. The second-order valence-electron chi connectivity index (χ2n) is 6.75. The molecule has 3 rings (SSSR count). The van der Waals surface area contributed by atoms with Crippen LogP contribution in [0.5, 0.6) is 11.5 Å². The van der Waals surface area contributed by atoms with E-state index in [0.29, 0.717) is 36.0 Å². The Morgan fingerprint density at radius 2 is 1.86 bits per heavy atom. The molecule has 0 saturated carbocycles. The molecule has 152 valence electrons. The fourth-order valence-electron chi connectivity index (χ4n) is 3.38. The molecule has 2 aromatic carbocycles. The summed E-state index contributed by atoms with van der Waals surface area (Å²) >= 11 is 6.03. The van der Waals surface area contributed by atoms with Crippen LogP contribution in [0.2, 0.25) is 5.02 Å². The number of rotatable bonds is 7. The Morgan fingerprint density at radius 1 is 1.17 bits per heavy atom. The van der Waals surface area contributed by atoms with Crippen molar-refractivity contribution in [3.05, 3.63) is 52.0 Å². The lowest BCUT2D eigenvalue weighted by Gasteiger charge is -2.29. The Morgan fingerprint density at radius 3 is 2.48 bits per heavy atom. The first-order valence-electron chi connectivity index (χ1n) is 9.67. The van der Waals surface area contributed by atoms with Crippen LogP contribution in [-0.4, -0.2) is 37.1 Å². The van der Waals surface area contributed by atoms with Crippen molar-refractivity contribution in [1.82, 2.24) is 4.90 Å². The number of amides is 1. The van der Waals surface area contributed by atoms with Gasteiger partial charge in [-0.2, -0.15) is 5.26 Å². The van der Waals surface area contributed by atoms with E-state index >= 15 is 0 Å². The summed E-state index contributed by atoms with van der Waals surface area (Å²) in [5, 5.41) is 12.1. The molecule has 1 heterocycles. The maximum Gasteiger partial charge on any atom is 0.238 e. The summed E-state index contributed by atoms with van der Waals surface area (Å²) in [6.45, 7) is 6.78. The molecule has 0 radical (unpaired) electrons. The smallest absolute Gasteiger partial charge is 0.238 e. The van der Waals surface area contributed by atoms with E-state index in [1.807, 2.05) is 26.0 Å². The zero-order valence-electron chi connectivity index (χ0n) is 16.6. The van der Waals surface area contributed by atoms with E-state index in [4.69, 9.17) is 26.3 Å². The molecule has 6 nitrogen and oxygen atoms in total. The molecule has 0 fully saturated rings. The van der Waals surface area contributed by atoms with Crippen LogP contribution < -0.4 is 14.8 Å². The minimum absolute atomic E-state index is 0.120. The van der Waals surface area contributed by atoms with Gasteiger partial charge in [0.15, 0.2) is 11.5 Å². The summed E-state index contributed by atoms with van der Waals surface area (Å²) in [6.07, 6.45) is 0.845. The number of hydrogen-bond donors (Lipinski definition) is 1. The largest absolute Gasteiger partial charge is 0.490 e. The molecule has 1 aliphatic heterocycles. The van der Waals surface area contributed by atoms with Crippen LogP contribution in [0.3, 0.4) is 0 Å². The highest BCUT2D eigenvalue weighted by Gasteiger charge is 2.21. The summed E-state index contributed by atoms with van der Waals surface area (Å²) in [4.78, 5) is 14.6. The van der Waals surface area contributed by atoms with Gasteiger partial charge in [0.05, 0.1) is 30.3 Å². The van der Waals surface area contributed by atoms with Gasteiger partial charge in [-0.3, -0.25) is 9.69 Å². The second kappa shape index (κ2) is 9.64. The number of nitrogens with zero attached hydrogens (tertiary/aromatic N) is 2. The van der Waals surface area contributed by atoms with Gasteiger partial charge >= 0.3 is 0 Å². The van der Waals surface area contributed by atoms with Gasteiger partial charge in [-0.25, -0.2) is 0 Å². The van der Waals surface area contributed by atoms with Crippen molar-refractivity contribution in [3.8, 4) is 17.6 Å². The minimum Gasteiger partial charge on any atom is -0.490 e. The molecule has 2 aromatic rings. The topological polar surface area (TPSA) is 74.6 Å². The molecular formula is C22H24ClN3O3. The third kappa shape index (κ3) is 5.20. The summed E-state index contributed by atoms with van der Waals surface area (Å²) in [5.74, 6) is 1.40. The zero-order chi connectivity index (χ0) is 20.8. The first-order valence-corrected chi connectivity index (χ1v) is 10.0. The molecule has 0 aromatic heterocycles. The van der Waals surface area contributed by atoms with E-state index in [9.17, 15) is 4.79 Å². The van der Waals surface area contributed by atoms with Gasteiger partial charge in [-0.05, 0) is 61.7 Å². The van der Waals surface area contributed by atoms with Crippen LogP contribution in [-0.2, 0) is 17.8 Å². The molecule has 0 spiro atoms. The van der Waals surface area contributed by atoms with Gasteiger partial charge in [-0.15, -0.1) is 0 Å². The Hall–Kier alpha value is -2.75. The summed E-state index contributed by atoms with van der Waals surface area (Å²) in [7, 11) is 0. The van der Waals surface area contributed by atoms with Crippen LogP contribution in [0.15, 0.2) is 30.3 Å². The van der Waals surface area contributed by atoms with Gasteiger partial charge in [0.1, 0.15) is 6.07 Å². The minimum atomic E-state index is -0.120. The van der Waals surface area contributed by atoms with Gasteiger partial charge in [-0.1, -0.05) is 11.6 Å². The number of halogens is 1. The van der Waals surface area contributed by atoms with E-state index in [1.54, 1.807) is 18.2 Å². The molecule has 0 unspecified atom stereocenters. The van der Waals surface area contributed by atoms with E-state index in [2.05, 4.69) is 16.3 Å². The fourth-order valence-corrected chi connectivity index (χ4v) is 3.60. The number of anilines is 1. The van der Waals surface area contributed by atoms with Crippen molar-refractivity contribution in [1.29, 1.82) is 5.26 Å². The normalized spacial score (nSPS) is 13.3. The Kier molecular flexibility index (Phi) is 6.97. The van der Waals surface area contributed by atoms with Crippen molar-refractivity contribution in [3.63, 3.8) is 0 Å². The van der Waals surface area contributed by atoms with Gasteiger partial charge in [0.2, 0.25) is 5.91 Å². The Labute approximate surface area is 176 Å². The number of ether oxygens (including phenoxy) is 2. The average molecular weight is 414 g/mol. The lowest BCUT2D eigenvalue weighted by Crippen LogP contribution is -2.37. The summed E-state index contributed by atoms with van der Waals surface area (Å²) in [6, 6.07) is 10.9.